The number of amides is 1. The largest absolute Gasteiger partial charge is 0.337 e. The number of nitrogens with zero attached hydrogens (tertiary/aromatic N) is 3. The summed E-state index contributed by atoms with van der Waals surface area (Å²) in [6, 6.07) is 4.83. The van der Waals surface area contributed by atoms with Crippen molar-refractivity contribution >= 4 is 15.9 Å². The number of nitrogens with two attached hydrogens (primary N) is 1. The average Bonchev–Trinajstić information content (AvgIpc) is 2.66. The second-order valence-corrected chi connectivity index (χ2v) is 9.10. The van der Waals surface area contributed by atoms with Crippen LogP contribution >= 0.6 is 0 Å². The van der Waals surface area contributed by atoms with Crippen LogP contribution in [0.1, 0.15) is 24.5 Å². The van der Waals surface area contributed by atoms with Gasteiger partial charge in [-0.3, -0.25) is 4.79 Å². The third-order valence-corrected chi connectivity index (χ3v) is 7.25. The van der Waals surface area contributed by atoms with E-state index in [0.29, 0.717) is 43.9 Å². The fourth-order valence-corrected chi connectivity index (χ4v) is 4.94. The molecule has 144 valence electrons. The lowest BCUT2D eigenvalue weighted by atomic mass is 9.99. The summed E-state index contributed by atoms with van der Waals surface area (Å²) in [5.74, 6) is -0.0349. The highest BCUT2D eigenvalue weighted by Crippen LogP contribution is 2.25. The van der Waals surface area contributed by atoms with Gasteiger partial charge in [-0.1, -0.05) is 13.0 Å². The lowest BCUT2D eigenvalue weighted by Gasteiger charge is -2.33. The van der Waals surface area contributed by atoms with Gasteiger partial charge >= 0.3 is 0 Å². The van der Waals surface area contributed by atoms with E-state index in [-0.39, 0.29) is 5.91 Å². The number of carbonyl (C=O) groups is 1. The van der Waals surface area contributed by atoms with E-state index in [0.717, 1.165) is 24.2 Å². The smallest absolute Gasteiger partial charge is 0.243 e. The maximum absolute atomic E-state index is 12.9. The molecule has 0 saturated carbocycles. The molecule has 26 heavy (non-hydrogen) atoms. The molecule has 2 aliphatic rings. The highest BCUT2D eigenvalue weighted by molar-refractivity contribution is 7.89. The van der Waals surface area contributed by atoms with Crippen molar-refractivity contribution in [1.82, 2.24) is 14.1 Å². The summed E-state index contributed by atoms with van der Waals surface area (Å²) in [5.41, 5.74) is 7.87. The normalized spacial score (nSPS) is 20.7. The first-order valence-electron chi connectivity index (χ1n) is 9.17. The number of hydrogen-bond acceptors (Lipinski definition) is 5. The van der Waals surface area contributed by atoms with Crippen LogP contribution in [-0.2, 0) is 27.8 Å². The van der Waals surface area contributed by atoms with E-state index >= 15 is 0 Å². The number of hydrogen-bond donors (Lipinski definition) is 1. The van der Waals surface area contributed by atoms with Gasteiger partial charge < -0.3 is 15.5 Å². The molecule has 2 N–H and O–H groups in total. The van der Waals surface area contributed by atoms with E-state index in [1.165, 1.54) is 0 Å². The maximum Gasteiger partial charge on any atom is 0.243 e. The highest BCUT2D eigenvalue weighted by Gasteiger charge is 2.29. The lowest BCUT2D eigenvalue weighted by molar-refractivity contribution is -0.133. The molecular formula is C18H28N4O3S. The average molecular weight is 381 g/mol. The summed E-state index contributed by atoms with van der Waals surface area (Å²) in [6.07, 6.45) is 1.27. The minimum Gasteiger partial charge on any atom is -0.337 e. The molecule has 0 radical (unpaired) electrons. The monoisotopic (exact) mass is 380 g/mol. The third-order valence-electron chi connectivity index (χ3n) is 5.36. The molecule has 0 unspecified atom stereocenters. The topological polar surface area (TPSA) is 86.9 Å². The number of likely N-dealkylation sites (N-methyl/N-ethyl adjacent to an activating group) is 1. The Kier molecular flexibility index (Phi) is 5.67. The van der Waals surface area contributed by atoms with Gasteiger partial charge in [0.05, 0.1) is 10.9 Å². The molecule has 2 aliphatic heterocycles. The molecule has 0 aromatic heterocycles. The number of carbonyl (C=O) groups excluding carboxylic acids is 1. The second-order valence-electron chi connectivity index (χ2n) is 7.16. The zero-order valence-corrected chi connectivity index (χ0v) is 16.3. The van der Waals surface area contributed by atoms with E-state index < -0.39 is 16.1 Å². The van der Waals surface area contributed by atoms with E-state index in [1.54, 1.807) is 21.3 Å². The van der Waals surface area contributed by atoms with Gasteiger partial charge in [-0.2, -0.15) is 4.31 Å². The van der Waals surface area contributed by atoms with Gasteiger partial charge in [-0.25, -0.2) is 8.42 Å². The van der Waals surface area contributed by atoms with Gasteiger partial charge in [-0.15, -0.1) is 0 Å². The van der Waals surface area contributed by atoms with Gasteiger partial charge in [0.1, 0.15) is 0 Å². The Morgan fingerprint density at radius 2 is 1.85 bits per heavy atom. The third kappa shape index (κ3) is 3.78. The fraction of sp³-hybridized carbons (Fsp3) is 0.611. The predicted molar refractivity (Wildman–Crippen MR) is 100 cm³/mol. The number of rotatable bonds is 4. The minimum atomic E-state index is -3.46. The quantitative estimate of drug-likeness (QED) is 0.809. The Bertz CT molecular complexity index is 773. The zero-order chi connectivity index (χ0) is 18.9. The van der Waals surface area contributed by atoms with Crippen LogP contribution in [0.3, 0.4) is 0 Å². The van der Waals surface area contributed by atoms with E-state index in [4.69, 9.17) is 5.73 Å². The second kappa shape index (κ2) is 7.64. The molecule has 1 aromatic rings. The zero-order valence-electron chi connectivity index (χ0n) is 15.5. The Hall–Kier alpha value is -1.48. The van der Waals surface area contributed by atoms with Crippen molar-refractivity contribution in [2.45, 2.75) is 37.2 Å². The van der Waals surface area contributed by atoms with Gasteiger partial charge in [0.15, 0.2) is 0 Å². The van der Waals surface area contributed by atoms with Crippen molar-refractivity contribution in [2.24, 2.45) is 5.73 Å². The minimum absolute atomic E-state index is 0.0349. The van der Waals surface area contributed by atoms with Crippen LogP contribution in [0.4, 0.5) is 0 Å². The highest BCUT2D eigenvalue weighted by atomic mass is 32.2. The Morgan fingerprint density at radius 3 is 2.50 bits per heavy atom. The summed E-state index contributed by atoms with van der Waals surface area (Å²) >= 11 is 0. The lowest BCUT2D eigenvalue weighted by Crippen LogP contribution is -2.47. The molecule has 8 heteroatoms. The number of sulfonamides is 1. The number of benzene rings is 1. The molecule has 3 rings (SSSR count). The van der Waals surface area contributed by atoms with Crippen LogP contribution in [0, 0.1) is 0 Å². The molecule has 0 aliphatic carbocycles. The Labute approximate surface area is 155 Å². The molecule has 7 nitrogen and oxygen atoms in total. The Balaban J connectivity index is 1.77. The molecular weight excluding hydrogens is 352 g/mol. The first-order valence-corrected chi connectivity index (χ1v) is 10.6. The number of fused-ring (bicyclic) bond motifs is 1. The number of piperazine rings is 1. The molecule has 2 heterocycles. The molecule has 0 spiro atoms. The van der Waals surface area contributed by atoms with Crippen molar-refractivity contribution in [3.63, 3.8) is 0 Å². The van der Waals surface area contributed by atoms with Crippen molar-refractivity contribution in [3.05, 3.63) is 29.3 Å². The first-order chi connectivity index (χ1) is 12.3. The molecule has 1 fully saturated rings. The molecule has 1 saturated heterocycles. The maximum atomic E-state index is 12.9. The van der Waals surface area contributed by atoms with Gasteiger partial charge in [0, 0.05) is 39.3 Å². The molecule has 1 amide bonds. The van der Waals surface area contributed by atoms with Gasteiger partial charge in [-0.05, 0) is 43.1 Å². The molecule has 1 atom stereocenters. The van der Waals surface area contributed by atoms with Gasteiger partial charge in [0.2, 0.25) is 15.9 Å². The van der Waals surface area contributed by atoms with Crippen molar-refractivity contribution in [3.8, 4) is 0 Å². The van der Waals surface area contributed by atoms with E-state index in [9.17, 15) is 13.2 Å². The molecule has 0 bridgehead atoms. The van der Waals surface area contributed by atoms with Crippen LogP contribution < -0.4 is 5.73 Å². The summed E-state index contributed by atoms with van der Waals surface area (Å²) in [6.45, 7) is 5.52. The summed E-state index contributed by atoms with van der Waals surface area (Å²) < 4.78 is 27.4. The van der Waals surface area contributed by atoms with Crippen molar-refractivity contribution < 1.29 is 13.2 Å². The van der Waals surface area contributed by atoms with Crippen molar-refractivity contribution in [1.29, 1.82) is 0 Å². The van der Waals surface area contributed by atoms with Gasteiger partial charge in [0.25, 0.3) is 0 Å². The van der Waals surface area contributed by atoms with E-state index in [1.807, 2.05) is 20.0 Å². The first kappa shape index (κ1) is 19.3. The standard InChI is InChI=1S/C18H28N4O3S/c1-3-17(19)18(23)21-7-6-14-12-16(5-4-15(14)13-21)26(24,25)22-10-8-20(2)9-11-22/h4-5,12,17H,3,6-11,13,19H2,1-2H3/t17-/m0/s1. The SMILES string of the molecule is CC[C@H](N)C(=O)N1CCc2cc(S(=O)(=O)N3CCN(C)CC3)ccc2C1. The molecule has 1 aromatic carbocycles. The predicted octanol–water partition coefficient (Wildman–Crippen LogP) is 0.245. The summed E-state index contributed by atoms with van der Waals surface area (Å²) in [5, 5.41) is 0. The summed E-state index contributed by atoms with van der Waals surface area (Å²) in [7, 11) is -1.46. The fourth-order valence-electron chi connectivity index (χ4n) is 3.46. The Morgan fingerprint density at radius 1 is 1.15 bits per heavy atom. The van der Waals surface area contributed by atoms with E-state index in [2.05, 4.69) is 4.90 Å². The summed E-state index contributed by atoms with van der Waals surface area (Å²) in [4.78, 5) is 16.5. The van der Waals surface area contributed by atoms with Crippen LogP contribution in [0.15, 0.2) is 23.1 Å². The van der Waals surface area contributed by atoms with Crippen LogP contribution in [0.2, 0.25) is 0 Å². The van der Waals surface area contributed by atoms with Crippen LogP contribution in [0.5, 0.6) is 0 Å². The van der Waals surface area contributed by atoms with Crippen molar-refractivity contribution in [2.75, 3.05) is 39.8 Å². The van der Waals surface area contributed by atoms with Crippen LogP contribution in [0.25, 0.3) is 0 Å². The van der Waals surface area contributed by atoms with Crippen LogP contribution in [-0.4, -0.2) is 74.2 Å².